The fourth-order valence-electron chi connectivity index (χ4n) is 2.58. The van der Waals surface area contributed by atoms with E-state index in [1.807, 2.05) is 7.05 Å². The number of nitrogens with zero attached hydrogens (tertiary/aromatic N) is 2. The number of hydrogen-bond acceptors (Lipinski definition) is 3. The average molecular weight is 282 g/mol. The number of anilines is 1. The molecule has 0 aliphatic carbocycles. The number of nitrogen functional groups attached to an aromatic ring is 1. The molecule has 0 radical (unpaired) electrons. The van der Waals surface area contributed by atoms with E-state index in [1.165, 1.54) is 0 Å². The van der Waals surface area contributed by atoms with Gasteiger partial charge in [0.25, 0.3) is 5.91 Å². The Morgan fingerprint density at radius 3 is 2.89 bits per heavy atom. The minimum absolute atomic E-state index is 0.0382. The van der Waals surface area contributed by atoms with Crippen molar-refractivity contribution < 1.29 is 4.79 Å². The zero-order valence-corrected chi connectivity index (χ0v) is 12.2. The Balaban J connectivity index is 2.02. The number of carbonyl (C=O) groups excluding carboxylic acids is 1. The van der Waals surface area contributed by atoms with Crippen LogP contribution in [0.15, 0.2) is 18.2 Å². The highest BCUT2D eigenvalue weighted by Crippen LogP contribution is 2.21. The summed E-state index contributed by atoms with van der Waals surface area (Å²) in [4.78, 5) is 16.4. The van der Waals surface area contributed by atoms with Crippen molar-refractivity contribution in [2.75, 3.05) is 39.5 Å². The van der Waals surface area contributed by atoms with E-state index >= 15 is 0 Å². The maximum absolute atomic E-state index is 12.3. The van der Waals surface area contributed by atoms with E-state index in [2.05, 4.69) is 11.9 Å². The summed E-state index contributed by atoms with van der Waals surface area (Å²) in [5, 5.41) is 0.550. The molecule has 0 spiro atoms. The second kappa shape index (κ2) is 5.80. The number of benzene rings is 1. The molecule has 4 nitrogen and oxygen atoms in total. The maximum Gasteiger partial charge on any atom is 0.255 e. The first-order valence-electron chi connectivity index (χ1n) is 6.46. The van der Waals surface area contributed by atoms with Gasteiger partial charge in [0.2, 0.25) is 0 Å². The summed E-state index contributed by atoms with van der Waals surface area (Å²) in [6.07, 6.45) is 1.14. The Morgan fingerprint density at radius 1 is 1.58 bits per heavy atom. The van der Waals surface area contributed by atoms with Crippen molar-refractivity contribution >= 4 is 23.2 Å². The quantitative estimate of drug-likeness (QED) is 0.862. The highest BCUT2D eigenvalue weighted by molar-refractivity contribution is 6.31. The smallest absolute Gasteiger partial charge is 0.255 e. The number of carbonyl (C=O) groups is 1. The fourth-order valence-corrected chi connectivity index (χ4v) is 2.76. The van der Waals surface area contributed by atoms with Gasteiger partial charge in [0, 0.05) is 30.8 Å². The minimum atomic E-state index is -0.0382. The lowest BCUT2D eigenvalue weighted by atomic mass is 10.1. The number of nitrogens with two attached hydrogens (primary N) is 1. The Hall–Kier alpha value is -1.26. The predicted octanol–water partition coefficient (Wildman–Crippen LogP) is 1.95. The molecule has 1 aliphatic rings. The van der Waals surface area contributed by atoms with E-state index in [0.29, 0.717) is 22.2 Å². The van der Waals surface area contributed by atoms with Crippen LogP contribution in [0.3, 0.4) is 0 Å². The van der Waals surface area contributed by atoms with Gasteiger partial charge in [-0.25, -0.2) is 0 Å². The molecule has 1 aliphatic heterocycles. The average Bonchev–Trinajstić information content (AvgIpc) is 2.74. The lowest BCUT2D eigenvalue weighted by molar-refractivity contribution is 0.0775. The molecule has 0 aromatic heterocycles. The first-order chi connectivity index (χ1) is 8.97. The SMILES string of the molecule is CN1CCC(CN(C)C(=O)c2ccc(Cl)cc2N)C1. The van der Waals surface area contributed by atoms with E-state index in [9.17, 15) is 4.79 Å². The van der Waals surface area contributed by atoms with Crippen LogP contribution < -0.4 is 5.73 Å². The number of halogens is 1. The maximum atomic E-state index is 12.3. The van der Waals surface area contributed by atoms with Gasteiger partial charge in [0.05, 0.1) is 5.56 Å². The Morgan fingerprint density at radius 2 is 2.32 bits per heavy atom. The molecule has 104 valence electrons. The lowest BCUT2D eigenvalue weighted by Gasteiger charge is -2.22. The van der Waals surface area contributed by atoms with E-state index in [-0.39, 0.29) is 5.91 Å². The van der Waals surface area contributed by atoms with Crippen molar-refractivity contribution in [2.45, 2.75) is 6.42 Å². The highest BCUT2D eigenvalue weighted by atomic mass is 35.5. The third-order valence-electron chi connectivity index (χ3n) is 3.61. The summed E-state index contributed by atoms with van der Waals surface area (Å²) in [5.41, 5.74) is 6.81. The minimum Gasteiger partial charge on any atom is -0.398 e. The second-order valence-corrected chi connectivity index (χ2v) is 5.77. The number of rotatable bonds is 3. The van der Waals surface area contributed by atoms with Crippen LogP contribution in [0.1, 0.15) is 16.8 Å². The topological polar surface area (TPSA) is 49.6 Å². The molecule has 1 heterocycles. The summed E-state index contributed by atoms with van der Waals surface area (Å²) in [7, 11) is 3.94. The van der Waals surface area contributed by atoms with E-state index in [4.69, 9.17) is 17.3 Å². The summed E-state index contributed by atoms with van der Waals surface area (Å²) < 4.78 is 0. The van der Waals surface area contributed by atoms with Gasteiger partial charge in [-0.05, 0) is 44.1 Å². The van der Waals surface area contributed by atoms with Crippen LogP contribution in [0, 0.1) is 5.92 Å². The number of amides is 1. The van der Waals surface area contributed by atoms with Gasteiger partial charge in [-0.2, -0.15) is 0 Å². The van der Waals surface area contributed by atoms with Gasteiger partial charge < -0.3 is 15.5 Å². The normalized spacial score (nSPS) is 19.6. The van der Waals surface area contributed by atoms with E-state index in [0.717, 1.165) is 26.1 Å². The number of hydrogen-bond donors (Lipinski definition) is 1. The van der Waals surface area contributed by atoms with Crippen LogP contribution in [0.2, 0.25) is 5.02 Å². The second-order valence-electron chi connectivity index (χ2n) is 5.33. The van der Waals surface area contributed by atoms with Gasteiger partial charge in [-0.15, -0.1) is 0 Å². The molecule has 1 saturated heterocycles. The molecule has 1 fully saturated rings. The zero-order valence-electron chi connectivity index (χ0n) is 11.4. The summed E-state index contributed by atoms with van der Waals surface area (Å²) in [6.45, 7) is 2.93. The van der Waals surface area contributed by atoms with Gasteiger partial charge in [0.15, 0.2) is 0 Å². The Labute approximate surface area is 119 Å². The van der Waals surface area contributed by atoms with Gasteiger partial charge in [-0.3, -0.25) is 4.79 Å². The number of likely N-dealkylation sites (tertiary alicyclic amines) is 1. The molecule has 1 unspecified atom stereocenters. The van der Waals surface area contributed by atoms with Crippen LogP contribution >= 0.6 is 11.6 Å². The standard InChI is InChI=1S/C14H20ClN3O/c1-17-6-5-10(8-17)9-18(2)14(19)12-4-3-11(15)7-13(12)16/h3-4,7,10H,5-6,8-9,16H2,1-2H3. The Bertz CT molecular complexity index is 478. The molecule has 19 heavy (non-hydrogen) atoms. The lowest BCUT2D eigenvalue weighted by Crippen LogP contribution is -2.33. The molecule has 2 rings (SSSR count). The molecule has 1 amide bonds. The van der Waals surface area contributed by atoms with Crippen molar-refractivity contribution in [3.05, 3.63) is 28.8 Å². The van der Waals surface area contributed by atoms with Crippen LogP contribution in [0.5, 0.6) is 0 Å². The van der Waals surface area contributed by atoms with Crippen molar-refractivity contribution in [1.29, 1.82) is 0 Å². The molecule has 2 N–H and O–H groups in total. The molecule has 5 heteroatoms. The first-order valence-corrected chi connectivity index (χ1v) is 6.84. The van der Waals surface area contributed by atoms with Gasteiger partial charge in [0.1, 0.15) is 0 Å². The summed E-state index contributed by atoms with van der Waals surface area (Å²) >= 11 is 5.84. The van der Waals surface area contributed by atoms with Crippen molar-refractivity contribution in [2.24, 2.45) is 5.92 Å². The zero-order chi connectivity index (χ0) is 14.0. The van der Waals surface area contributed by atoms with Crippen molar-refractivity contribution in [3.8, 4) is 0 Å². The molecule has 1 atom stereocenters. The van der Waals surface area contributed by atoms with E-state index < -0.39 is 0 Å². The third-order valence-corrected chi connectivity index (χ3v) is 3.85. The van der Waals surface area contributed by atoms with Crippen LogP contribution in [-0.2, 0) is 0 Å². The Kier molecular flexibility index (Phi) is 4.32. The molecule has 1 aromatic rings. The van der Waals surface area contributed by atoms with E-state index in [1.54, 1.807) is 23.1 Å². The van der Waals surface area contributed by atoms with Crippen LogP contribution in [-0.4, -0.2) is 49.4 Å². The monoisotopic (exact) mass is 281 g/mol. The van der Waals surface area contributed by atoms with Crippen molar-refractivity contribution in [1.82, 2.24) is 9.80 Å². The molecule has 1 aromatic carbocycles. The predicted molar refractivity (Wildman–Crippen MR) is 78.4 cm³/mol. The fraction of sp³-hybridized carbons (Fsp3) is 0.500. The molecule has 0 bridgehead atoms. The first kappa shape index (κ1) is 14.2. The van der Waals surface area contributed by atoms with Crippen LogP contribution in [0.25, 0.3) is 0 Å². The van der Waals surface area contributed by atoms with Crippen molar-refractivity contribution in [3.63, 3.8) is 0 Å². The van der Waals surface area contributed by atoms with Gasteiger partial charge in [-0.1, -0.05) is 11.6 Å². The summed E-state index contributed by atoms with van der Waals surface area (Å²) in [5.74, 6) is 0.510. The summed E-state index contributed by atoms with van der Waals surface area (Å²) in [6, 6.07) is 5.01. The highest BCUT2D eigenvalue weighted by Gasteiger charge is 2.23. The third kappa shape index (κ3) is 3.39. The largest absolute Gasteiger partial charge is 0.398 e. The molecule has 0 saturated carbocycles. The van der Waals surface area contributed by atoms with Gasteiger partial charge >= 0.3 is 0 Å². The van der Waals surface area contributed by atoms with Crippen LogP contribution in [0.4, 0.5) is 5.69 Å². The molecular weight excluding hydrogens is 262 g/mol. The molecular formula is C14H20ClN3O.